The van der Waals surface area contributed by atoms with E-state index in [1.807, 2.05) is 0 Å². The van der Waals surface area contributed by atoms with Crippen LogP contribution in [-0.4, -0.2) is 30.2 Å². The summed E-state index contributed by atoms with van der Waals surface area (Å²) in [7, 11) is 0. The number of benzene rings is 2. The summed E-state index contributed by atoms with van der Waals surface area (Å²) in [5, 5.41) is 11.5. The molecule has 2 aliphatic rings. The first-order valence-corrected chi connectivity index (χ1v) is 10.5. The molecule has 1 atom stereocenters. The highest BCUT2D eigenvalue weighted by atomic mass is 35.5. The summed E-state index contributed by atoms with van der Waals surface area (Å²) in [5.74, 6) is -0.373. The summed E-state index contributed by atoms with van der Waals surface area (Å²) in [6.45, 7) is 2.24. The van der Waals surface area contributed by atoms with Crippen LogP contribution < -0.4 is 19.1 Å². The number of nitrogens with zero attached hydrogens (tertiary/aromatic N) is 1. The van der Waals surface area contributed by atoms with Gasteiger partial charge in [-0.2, -0.15) is 0 Å². The largest absolute Gasteiger partial charge is 0.507 e. The topological polar surface area (TPSA) is 98.4 Å². The van der Waals surface area contributed by atoms with Gasteiger partial charge in [-0.05, 0) is 49.4 Å². The molecular formula is C24H18ClNO7. The van der Waals surface area contributed by atoms with Crippen LogP contribution in [-0.2, 0) is 9.59 Å². The Bertz CT molecular complexity index is 1280. The fraction of sp³-hybridized carbons (Fsp3) is 0.167. The Hall–Kier alpha value is -3.91. The smallest absolute Gasteiger partial charge is 0.300 e. The zero-order chi connectivity index (χ0) is 23.1. The molecule has 3 heterocycles. The molecule has 1 N–H and O–H groups in total. The van der Waals surface area contributed by atoms with E-state index in [0.29, 0.717) is 40.3 Å². The standard InChI is InChI=1S/C24H18ClNO7/c1-2-30-18-10-13(5-7-15(18)25)22(27)20-21(17-4-3-9-31-17)26(24(29)23(20)28)14-6-8-16-19(11-14)33-12-32-16/h3-11,21,27H,2,12H2,1H3/b22-20-. The molecule has 0 aliphatic carbocycles. The number of aliphatic hydroxyl groups is 1. The number of amides is 1. The van der Waals surface area contributed by atoms with E-state index >= 15 is 0 Å². The molecule has 0 spiro atoms. The molecule has 9 heteroatoms. The second kappa shape index (κ2) is 8.22. The Morgan fingerprint density at radius 3 is 2.73 bits per heavy atom. The van der Waals surface area contributed by atoms with Gasteiger partial charge in [-0.1, -0.05) is 11.6 Å². The van der Waals surface area contributed by atoms with E-state index < -0.39 is 17.7 Å². The third-order valence-electron chi connectivity index (χ3n) is 5.40. The number of ether oxygens (including phenoxy) is 3. The number of hydrogen-bond donors (Lipinski definition) is 1. The van der Waals surface area contributed by atoms with Gasteiger partial charge >= 0.3 is 0 Å². The molecule has 1 unspecified atom stereocenters. The Balaban J connectivity index is 1.66. The average molecular weight is 468 g/mol. The van der Waals surface area contributed by atoms with Crippen LogP contribution in [0.25, 0.3) is 5.76 Å². The van der Waals surface area contributed by atoms with Crippen molar-refractivity contribution in [2.75, 3.05) is 18.3 Å². The second-order valence-electron chi connectivity index (χ2n) is 7.30. The van der Waals surface area contributed by atoms with Crippen molar-refractivity contribution in [2.24, 2.45) is 0 Å². The van der Waals surface area contributed by atoms with E-state index in [2.05, 4.69) is 0 Å². The molecule has 0 bridgehead atoms. The summed E-state index contributed by atoms with van der Waals surface area (Å²) in [6.07, 6.45) is 1.44. The van der Waals surface area contributed by atoms with Crippen LogP contribution in [0.2, 0.25) is 5.02 Å². The predicted octanol–water partition coefficient (Wildman–Crippen LogP) is 4.69. The first kappa shape index (κ1) is 21.0. The summed E-state index contributed by atoms with van der Waals surface area (Å²) >= 11 is 6.16. The van der Waals surface area contributed by atoms with Gasteiger partial charge in [-0.3, -0.25) is 14.5 Å². The number of anilines is 1. The van der Waals surface area contributed by atoms with Gasteiger partial charge in [-0.15, -0.1) is 0 Å². The fourth-order valence-electron chi connectivity index (χ4n) is 3.92. The molecule has 1 amide bonds. The highest BCUT2D eigenvalue weighted by Crippen LogP contribution is 2.45. The van der Waals surface area contributed by atoms with Crippen LogP contribution in [0.15, 0.2) is 64.8 Å². The van der Waals surface area contributed by atoms with Crippen LogP contribution in [0.1, 0.15) is 24.3 Å². The van der Waals surface area contributed by atoms with Crippen LogP contribution >= 0.6 is 11.6 Å². The van der Waals surface area contributed by atoms with E-state index in [4.69, 9.17) is 30.2 Å². The minimum Gasteiger partial charge on any atom is -0.507 e. The number of carbonyl (C=O) groups excluding carboxylic acids is 2. The molecule has 1 saturated heterocycles. The van der Waals surface area contributed by atoms with Gasteiger partial charge in [0, 0.05) is 17.3 Å². The van der Waals surface area contributed by atoms with E-state index in [0.717, 1.165) is 0 Å². The van der Waals surface area contributed by atoms with Crippen LogP contribution in [0.3, 0.4) is 0 Å². The molecule has 33 heavy (non-hydrogen) atoms. The van der Waals surface area contributed by atoms with Gasteiger partial charge in [0.15, 0.2) is 11.5 Å². The predicted molar refractivity (Wildman–Crippen MR) is 119 cm³/mol. The van der Waals surface area contributed by atoms with E-state index in [1.165, 1.54) is 17.2 Å². The van der Waals surface area contributed by atoms with Crippen molar-refractivity contribution in [3.8, 4) is 17.2 Å². The van der Waals surface area contributed by atoms with Gasteiger partial charge in [0.25, 0.3) is 11.7 Å². The number of hydrogen-bond acceptors (Lipinski definition) is 7. The van der Waals surface area contributed by atoms with Crippen molar-refractivity contribution in [1.29, 1.82) is 0 Å². The lowest BCUT2D eigenvalue weighted by Crippen LogP contribution is -2.29. The lowest BCUT2D eigenvalue weighted by Gasteiger charge is -2.23. The highest BCUT2D eigenvalue weighted by molar-refractivity contribution is 6.51. The molecular weight excluding hydrogens is 450 g/mol. The number of rotatable bonds is 5. The molecule has 2 aromatic carbocycles. The summed E-state index contributed by atoms with van der Waals surface area (Å²) in [5.41, 5.74) is 0.563. The number of aliphatic hydroxyl groups excluding tert-OH is 1. The molecule has 168 valence electrons. The fourth-order valence-corrected chi connectivity index (χ4v) is 4.09. The maximum absolute atomic E-state index is 13.2. The molecule has 1 fully saturated rings. The molecule has 1 aromatic heterocycles. The quantitative estimate of drug-likeness (QED) is 0.330. The van der Waals surface area contributed by atoms with E-state index in [9.17, 15) is 14.7 Å². The Morgan fingerprint density at radius 2 is 1.97 bits per heavy atom. The summed E-state index contributed by atoms with van der Waals surface area (Å²) < 4.78 is 21.8. The van der Waals surface area contributed by atoms with Gasteiger partial charge in [0.05, 0.1) is 23.5 Å². The van der Waals surface area contributed by atoms with Gasteiger partial charge in [0.2, 0.25) is 6.79 Å². The second-order valence-corrected chi connectivity index (χ2v) is 7.71. The highest BCUT2D eigenvalue weighted by Gasteiger charge is 2.48. The third-order valence-corrected chi connectivity index (χ3v) is 5.71. The summed E-state index contributed by atoms with van der Waals surface area (Å²) in [4.78, 5) is 27.6. The Labute approximate surface area is 193 Å². The van der Waals surface area contributed by atoms with Crippen LogP contribution in [0, 0.1) is 0 Å². The van der Waals surface area contributed by atoms with E-state index in [-0.39, 0.29) is 23.7 Å². The zero-order valence-corrected chi connectivity index (χ0v) is 18.2. The van der Waals surface area contributed by atoms with Gasteiger partial charge < -0.3 is 23.7 Å². The Morgan fingerprint density at radius 1 is 1.15 bits per heavy atom. The minimum atomic E-state index is -0.994. The first-order chi connectivity index (χ1) is 16.0. The van der Waals surface area contributed by atoms with Crippen molar-refractivity contribution in [3.05, 3.63) is 76.7 Å². The number of halogens is 1. The van der Waals surface area contributed by atoms with E-state index in [1.54, 1.807) is 49.4 Å². The number of carbonyl (C=O) groups is 2. The lowest BCUT2D eigenvalue weighted by molar-refractivity contribution is -0.132. The average Bonchev–Trinajstić information content (AvgIpc) is 3.55. The number of Topliss-reactive ketones (excluding diaryl/α,β-unsaturated/α-hetero) is 1. The monoisotopic (exact) mass is 467 g/mol. The molecule has 0 saturated carbocycles. The number of ketones is 1. The zero-order valence-electron chi connectivity index (χ0n) is 17.4. The maximum atomic E-state index is 13.2. The molecule has 2 aliphatic heterocycles. The van der Waals surface area contributed by atoms with Crippen LogP contribution in [0.4, 0.5) is 5.69 Å². The van der Waals surface area contributed by atoms with Crippen molar-refractivity contribution in [2.45, 2.75) is 13.0 Å². The number of furan rings is 1. The Kier molecular flexibility index (Phi) is 5.22. The van der Waals surface area contributed by atoms with Gasteiger partial charge in [0.1, 0.15) is 23.3 Å². The van der Waals surface area contributed by atoms with Crippen molar-refractivity contribution >= 4 is 34.7 Å². The van der Waals surface area contributed by atoms with Crippen molar-refractivity contribution in [3.63, 3.8) is 0 Å². The normalized spacial score (nSPS) is 18.7. The maximum Gasteiger partial charge on any atom is 0.300 e. The van der Waals surface area contributed by atoms with Gasteiger partial charge in [-0.25, -0.2) is 0 Å². The molecule has 3 aromatic rings. The van der Waals surface area contributed by atoms with Crippen molar-refractivity contribution in [1.82, 2.24) is 0 Å². The first-order valence-electron chi connectivity index (χ1n) is 10.2. The minimum absolute atomic E-state index is 0.0674. The SMILES string of the molecule is CCOc1cc(/C(O)=C2/C(=O)C(=O)N(c3ccc4c(c3)OCO4)C2c2ccco2)ccc1Cl. The molecule has 8 nitrogen and oxygen atoms in total. The molecule has 5 rings (SSSR count). The van der Waals surface area contributed by atoms with Crippen molar-refractivity contribution < 1.29 is 33.3 Å². The number of fused-ring (bicyclic) bond motifs is 1. The third kappa shape index (κ3) is 3.48. The van der Waals surface area contributed by atoms with Crippen LogP contribution in [0.5, 0.6) is 17.2 Å². The summed E-state index contributed by atoms with van der Waals surface area (Å²) in [6, 6.07) is 11.8. The lowest BCUT2D eigenvalue weighted by atomic mass is 9.99. The molecule has 0 radical (unpaired) electrons.